The van der Waals surface area contributed by atoms with E-state index in [1.54, 1.807) is 48.5 Å². The van der Waals surface area contributed by atoms with Gasteiger partial charge < -0.3 is 9.80 Å². The van der Waals surface area contributed by atoms with Crippen LogP contribution in [0.2, 0.25) is 0 Å². The number of nitrogens with zero attached hydrogens (tertiary/aromatic N) is 2. The van der Waals surface area contributed by atoms with Gasteiger partial charge in [0.1, 0.15) is 23.3 Å². The fraction of sp³-hybridized carbons (Fsp3) is 0. The summed E-state index contributed by atoms with van der Waals surface area (Å²) in [4.78, 5) is 3.99. The molecule has 0 aliphatic carbocycles. The zero-order chi connectivity index (χ0) is 51.3. The molecule has 13 aromatic carbocycles. The van der Waals surface area contributed by atoms with Crippen LogP contribution in [-0.2, 0) is 0 Å². The summed E-state index contributed by atoms with van der Waals surface area (Å²) in [6, 6.07) is 85.3. The normalized spacial score (nSPS) is 11.4. The van der Waals surface area contributed by atoms with Gasteiger partial charge in [-0.25, -0.2) is 17.6 Å². The first-order valence-electron chi connectivity index (χ1n) is 25.1. The van der Waals surface area contributed by atoms with Crippen LogP contribution < -0.4 is 9.80 Å². The summed E-state index contributed by atoms with van der Waals surface area (Å²) in [6.07, 6.45) is 0. The van der Waals surface area contributed by atoms with Gasteiger partial charge in [0.2, 0.25) is 0 Å². The molecule has 0 amide bonds. The number of anilines is 6. The Labute approximate surface area is 437 Å². The standard InChI is InChI=1S/C70H44F4N2/c71-55-21-29-59(30-22-55)75(60-31-23-56(72)24-32-60)63-37-39-65-67(43-63)68-44-64(76(61-33-25-57(73)26-34-61)62-35-27-58(74)28-36-62)38-40-66(68)70(50-17-11-48(12-18-50)54-20-14-46-6-2-4-8-52(46)42-54)69(65)49-15-9-47(10-16-49)53-19-13-45-5-1-3-7-51(45)41-53/h1-44H. The zero-order valence-electron chi connectivity index (χ0n) is 40.8. The van der Waals surface area contributed by atoms with E-state index in [4.69, 9.17) is 0 Å². The highest BCUT2D eigenvalue weighted by molar-refractivity contribution is 6.23. The number of benzene rings is 13. The van der Waals surface area contributed by atoms with Gasteiger partial charge in [-0.2, -0.15) is 0 Å². The molecule has 0 saturated heterocycles. The Kier molecular flexibility index (Phi) is 11.7. The van der Waals surface area contributed by atoms with E-state index in [2.05, 4.69) is 170 Å². The average molecular weight is 989 g/mol. The predicted molar refractivity (Wildman–Crippen MR) is 307 cm³/mol. The molecule has 0 N–H and O–H groups in total. The Morgan fingerprint density at radius 2 is 0.474 bits per heavy atom. The van der Waals surface area contributed by atoms with Crippen LogP contribution in [0.25, 0.3) is 87.6 Å². The summed E-state index contributed by atoms with van der Waals surface area (Å²) >= 11 is 0. The first-order chi connectivity index (χ1) is 37.3. The molecule has 6 heteroatoms. The second-order valence-corrected chi connectivity index (χ2v) is 19.1. The molecule has 76 heavy (non-hydrogen) atoms. The van der Waals surface area contributed by atoms with E-state index >= 15 is 0 Å². The number of hydrogen-bond acceptors (Lipinski definition) is 2. The molecule has 0 bridgehead atoms. The Balaban J connectivity index is 1.08. The molecule has 0 spiro atoms. The molecule has 0 aliphatic rings. The van der Waals surface area contributed by atoms with E-state index in [1.165, 1.54) is 70.1 Å². The fourth-order valence-electron chi connectivity index (χ4n) is 10.7. The summed E-state index contributed by atoms with van der Waals surface area (Å²) in [5.74, 6) is -1.50. The van der Waals surface area contributed by atoms with Crippen LogP contribution in [0.5, 0.6) is 0 Å². The smallest absolute Gasteiger partial charge is 0.123 e. The Hall–Kier alpha value is -9.78. The second-order valence-electron chi connectivity index (χ2n) is 19.1. The van der Waals surface area contributed by atoms with Crippen molar-refractivity contribution >= 4 is 77.2 Å². The predicted octanol–water partition coefficient (Wildman–Crippen LogP) is 20.5. The molecule has 0 unspecified atom stereocenters. The fourth-order valence-corrected chi connectivity index (χ4v) is 10.7. The van der Waals surface area contributed by atoms with Crippen LogP contribution in [-0.4, -0.2) is 0 Å². The minimum atomic E-state index is -0.374. The van der Waals surface area contributed by atoms with Crippen LogP contribution in [0.4, 0.5) is 51.7 Å². The Morgan fingerprint density at radius 3 is 0.803 bits per heavy atom. The molecular weight excluding hydrogens is 945 g/mol. The van der Waals surface area contributed by atoms with Crippen molar-refractivity contribution in [3.63, 3.8) is 0 Å². The lowest BCUT2D eigenvalue weighted by atomic mass is 9.84. The van der Waals surface area contributed by atoms with Crippen LogP contribution in [0.15, 0.2) is 267 Å². The van der Waals surface area contributed by atoms with Crippen LogP contribution in [0.3, 0.4) is 0 Å². The maximum atomic E-state index is 14.6. The van der Waals surface area contributed by atoms with Crippen molar-refractivity contribution in [1.82, 2.24) is 0 Å². The van der Waals surface area contributed by atoms with Gasteiger partial charge in [0.25, 0.3) is 0 Å². The van der Waals surface area contributed by atoms with E-state index in [9.17, 15) is 17.6 Å². The molecule has 0 aliphatic heterocycles. The highest BCUT2D eigenvalue weighted by atomic mass is 19.1. The third-order valence-electron chi connectivity index (χ3n) is 14.5. The van der Waals surface area contributed by atoms with Crippen molar-refractivity contribution < 1.29 is 17.6 Å². The first kappa shape index (κ1) is 46.0. The third kappa shape index (κ3) is 8.65. The van der Waals surface area contributed by atoms with Crippen LogP contribution in [0.1, 0.15) is 0 Å². The van der Waals surface area contributed by atoms with Gasteiger partial charge in [0.05, 0.1) is 0 Å². The van der Waals surface area contributed by atoms with Crippen molar-refractivity contribution in [3.05, 3.63) is 290 Å². The largest absolute Gasteiger partial charge is 0.310 e. The molecule has 13 aromatic rings. The zero-order valence-corrected chi connectivity index (χ0v) is 40.8. The maximum absolute atomic E-state index is 14.6. The topological polar surface area (TPSA) is 6.48 Å². The molecule has 0 fully saturated rings. The Bertz CT molecular complexity index is 3920. The van der Waals surface area contributed by atoms with Crippen molar-refractivity contribution in [2.24, 2.45) is 0 Å². The summed E-state index contributed by atoms with van der Waals surface area (Å²) < 4.78 is 58.4. The summed E-state index contributed by atoms with van der Waals surface area (Å²) in [6.45, 7) is 0. The number of rotatable bonds is 10. The van der Waals surface area contributed by atoms with E-state index in [-0.39, 0.29) is 23.3 Å². The van der Waals surface area contributed by atoms with Gasteiger partial charge in [-0.1, -0.05) is 133 Å². The lowest BCUT2D eigenvalue weighted by Crippen LogP contribution is -2.10. The van der Waals surface area contributed by atoms with Crippen molar-refractivity contribution in [2.45, 2.75) is 0 Å². The summed E-state index contributed by atoms with van der Waals surface area (Å²) in [5, 5.41) is 8.45. The number of hydrogen-bond donors (Lipinski definition) is 0. The molecule has 13 rings (SSSR count). The SMILES string of the molecule is Fc1ccc(N(c2ccc(F)cc2)c2ccc3c(-c4ccc(-c5ccc6ccccc6c5)cc4)c(-c4ccc(-c5ccc6ccccc6c5)cc4)c4ccc(N(c5ccc(F)cc5)c5ccc(F)cc5)cc4c3c2)cc1. The van der Waals surface area contributed by atoms with Crippen molar-refractivity contribution in [2.75, 3.05) is 9.80 Å². The number of fused-ring (bicyclic) bond motifs is 5. The minimum Gasteiger partial charge on any atom is -0.310 e. The Morgan fingerprint density at radius 1 is 0.197 bits per heavy atom. The highest BCUT2D eigenvalue weighted by Gasteiger charge is 2.23. The van der Waals surface area contributed by atoms with E-state index in [0.717, 1.165) is 77.4 Å². The van der Waals surface area contributed by atoms with Crippen LogP contribution >= 0.6 is 0 Å². The molecule has 0 saturated carbocycles. The quantitative estimate of drug-likeness (QED) is 0.0995. The summed E-state index contributed by atoms with van der Waals surface area (Å²) in [7, 11) is 0. The third-order valence-corrected chi connectivity index (χ3v) is 14.5. The number of halogens is 4. The van der Waals surface area contributed by atoms with Gasteiger partial charge in [0, 0.05) is 34.1 Å². The van der Waals surface area contributed by atoms with Gasteiger partial charge in [-0.3, -0.25) is 0 Å². The highest BCUT2D eigenvalue weighted by Crippen LogP contribution is 2.49. The minimum absolute atomic E-state index is 0.374. The van der Waals surface area contributed by atoms with Gasteiger partial charge in [-0.05, 0) is 221 Å². The van der Waals surface area contributed by atoms with Gasteiger partial charge >= 0.3 is 0 Å². The average Bonchev–Trinajstić information content (AvgIpc) is 3.59. The van der Waals surface area contributed by atoms with Crippen molar-refractivity contribution in [3.8, 4) is 44.5 Å². The van der Waals surface area contributed by atoms with E-state index in [0.29, 0.717) is 22.7 Å². The molecule has 0 aromatic heterocycles. The van der Waals surface area contributed by atoms with E-state index < -0.39 is 0 Å². The van der Waals surface area contributed by atoms with Gasteiger partial charge in [0.15, 0.2) is 0 Å². The first-order valence-corrected chi connectivity index (χ1v) is 25.1. The molecular formula is C70H44F4N2. The molecule has 0 heterocycles. The summed E-state index contributed by atoms with van der Waals surface area (Å²) in [5.41, 5.74) is 12.7. The van der Waals surface area contributed by atoms with Gasteiger partial charge in [-0.15, -0.1) is 0 Å². The lowest BCUT2D eigenvalue weighted by molar-refractivity contribution is 0.627. The monoisotopic (exact) mass is 988 g/mol. The van der Waals surface area contributed by atoms with E-state index in [1.807, 2.05) is 9.80 Å². The molecule has 362 valence electrons. The molecule has 2 nitrogen and oxygen atoms in total. The lowest BCUT2D eigenvalue weighted by Gasteiger charge is -2.28. The maximum Gasteiger partial charge on any atom is 0.123 e. The molecule has 0 atom stereocenters. The van der Waals surface area contributed by atoms with Crippen molar-refractivity contribution in [1.29, 1.82) is 0 Å². The molecule has 0 radical (unpaired) electrons. The van der Waals surface area contributed by atoms with Crippen LogP contribution in [0, 0.1) is 23.3 Å². The second kappa shape index (κ2) is 19.2.